The number of anilines is 1. The molecule has 2 aliphatic rings. The fourth-order valence-electron chi connectivity index (χ4n) is 3.31. The van der Waals surface area contributed by atoms with Gasteiger partial charge in [0.1, 0.15) is 6.33 Å². The van der Waals surface area contributed by atoms with Gasteiger partial charge in [-0.1, -0.05) is 0 Å². The van der Waals surface area contributed by atoms with Crippen molar-refractivity contribution < 1.29 is 4.79 Å². The molecule has 0 aliphatic heterocycles. The number of hydrogen-bond acceptors (Lipinski definition) is 4. The van der Waals surface area contributed by atoms with Gasteiger partial charge in [-0.2, -0.15) is 0 Å². The zero-order chi connectivity index (χ0) is 11.8. The van der Waals surface area contributed by atoms with Crippen molar-refractivity contribution in [2.75, 3.05) is 5.32 Å². The fourth-order valence-corrected chi connectivity index (χ4v) is 3.31. The molecule has 2 fully saturated rings. The zero-order valence-corrected chi connectivity index (χ0v) is 9.54. The van der Waals surface area contributed by atoms with E-state index in [-0.39, 0.29) is 17.9 Å². The van der Waals surface area contributed by atoms with Crippen LogP contribution in [0.15, 0.2) is 18.7 Å². The summed E-state index contributed by atoms with van der Waals surface area (Å²) in [6.45, 7) is 0. The summed E-state index contributed by atoms with van der Waals surface area (Å²) in [5, 5.41) is 2.86. The van der Waals surface area contributed by atoms with Crippen LogP contribution in [0.3, 0.4) is 0 Å². The second-order valence-electron chi connectivity index (χ2n) is 5.05. The number of nitrogens with two attached hydrogens (primary N) is 1. The molecule has 2 saturated carbocycles. The lowest BCUT2D eigenvalue weighted by Crippen LogP contribution is -2.42. The van der Waals surface area contributed by atoms with Gasteiger partial charge in [0.2, 0.25) is 5.91 Å². The van der Waals surface area contributed by atoms with Crippen LogP contribution in [0.2, 0.25) is 0 Å². The van der Waals surface area contributed by atoms with E-state index in [4.69, 9.17) is 5.73 Å². The Hall–Kier alpha value is -1.49. The van der Waals surface area contributed by atoms with Gasteiger partial charge in [0, 0.05) is 6.04 Å². The molecular formula is C12H16N4O. The van der Waals surface area contributed by atoms with Gasteiger partial charge in [-0.05, 0) is 31.1 Å². The van der Waals surface area contributed by atoms with Gasteiger partial charge in [-0.25, -0.2) is 9.97 Å². The first-order valence-corrected chi connectivity index (χ1v) is 6.07. The first kappa shape index (κ1) is 10.7. The van der Waals surface area contributed by atoms with Crippen molar-refractivity contribution in [2.24, 2.45) is 23.5 Å². The maximum Gasteiger partial charge on any atom is 0.229 e. The summed E-state index contributed by atoms with van der Waals surface area (Å²) >= 11 is 0. The van der Waals surface area contributed by atoms with Crippen LogP contribution in [0.5, 0.6) is 0 Å². The molecule has 1 aromatic rings. The van der Waals surface area contributed by atoms with Gasteiger partial charge < -0.3 is 11.1 Å². The molecule has 3 rings (SSSR count). The average molecular weight is 232 g/mol. The van der Waals surface area contributed by atoms with Crippen molar-refractivity contribution >= 4 is 11.6 Å². The Balaban J connectivity index is 1.71. The van der Waals surface area contributed by atoms with E-state index in [0.717, 1.165) is 12.8 Å². The predicted molar refractivity (Wildman–Crippen MR) is 63.0 cm³/mol. The Kier molecular flexibility index (Phi) is 2.55. The standard InChI is InChI=1S/C12H16N4O/c13-11-8-2-1-7(3-8)10(11)12(17)16-9-4-14-6-15-5-9/h4-8,10-11H,1-3,13H2,(H,16,17). The van der Waals surface area contributed by atoms with E-state index < -0.39 is 0 Å². The maximum absolute atomic E-state index is 12.2. The predicted octanol–water partition coefficient (Wildman–Crippen LogP) is 0.788. The highest BCUT2D eigenvalue weighted by Crippen LogP contribution is 2.47. The number of hydrogen-bond donors (Lipinski definition) is 2. The number of nitrogens with one attached hydrogen (secondary N) is 1. The Labute approximate surface area is 99.8 Å². The van der Waals surface area contributed by atoms with Gasteiger partial charge in [-0.3, -0.25) is 4.79 Å². The Morgan fingerprint density at radius 1 is 1.29 bits per heavy atom. The van der Waals surface area contributed by atoms with E-state index in [1.54, 1.807) is 12.4 Å². The summed E-state index contributed by atoms with van der Waals surface area (Å²) in [7, 11) is 0. The lowest BCUT2D eigenvalue weighted by Gasteiger charge is -2.26. The van der Waals surface area contributed by atoms with E-state index in [2.05, 4.69) is 15.3 Å². The summed E-state index contributed by atoms with van der Waals surface area (Å²) in [6, 6.07) is 0.0263. The number of rotatable bonds is 2. The Bertz CT molecular complexity index is 420. The number of nitrogens with zero attached hydrogens (tertiary/aromatic N) is 2. The summed E-state index contributed by atoms with van der Waals surface area (Å²) in [5.41, 5.74) is 6.77. The zero-order valence-electron chi connectivity index (χ0n) is 9.54. The number of fused-ring (bicyclic) bond motifs is 2. The third-order valence-electron chi connectivity index (χ3n) is 4.11. The third-order valence-corrected chi connectivity index (χ3v) is 4.11. The molecule has 0 radical (unpaired) electrons. The van der Waals surface area contributed by atoms with Crippen LogP contribution >= 0.6 is 0 Å². The van der Waals surface area contributed by atoms with Crippen molar-refractivity contribution in [3.05, 3.63) is 18.7 Å². The molecule has 3 N–H and O–H groups in total. The third kappa shape index (κ3) is 1.80. The van der Waals surface area contributed by atoms with E-state index >= 15 is 0 Å². The summed E-state index contributed by atoms with van der Waals surface area (Å²) in [5.74, 6) is 1.01. The second kappa shape index (κ2) is 4.07. The minimum atomic E-state index is -0.0334. The molecule has 2 aliphatic carbocycles. The van der Waals surface area contributed by atoms with Crippen LogP contribution in [0.25, 0.3) is 0 Å². The van der Waals surface area contributed by atoms with Crippen molar-refractivity contribution in [2.45, 2.75) is 25.3 Å². The molecule has 2 bridgehead atoms. The van der Waals surface area contributed by atoms with Crippen LogP contribution in [-0.2, 0) is 4.79 Å². The van der Waals surface area contributed by atoms with Gasteiger partial charge in [-0.15, -0.1) is 0 Å². The highest BCUT2D eigenvalue weighted by atomic mass is 16.2. The number of amides is 1. The van der Waals surface area contributed by atoms with Crippen molar-refractivity contribution in [1.82, 2.24) is 9.97 Å². The molecule has 5 heteroatoms. The molecule has 4 atom stereocenters. The molecule has 4 unspecified atom stereocenters. The highest BCUT2D eigenvalue weighted by Gasteiger charge is 2.49. The van der Waals surface area contributed by atoms with E-state index in [1.165, 1.54) is 12.7 Å². The van der Waals surface area contributed by atoms with Gasteiger partial charge >= 0.3 is 0 Å². The van der Waals surface area contributed by atoms with Crippen LogP contribution in [-0.4, -0.2) is 21.9 Å². The smallest absolute Gasteiger partial charge is 0.229 e. The van der Waals surface area contributed by atoms with Gasteiger partial charge in [0.25, 0.3) is 0 Å². The summed E-state index contributed by atoms with van der Waals surface area (Å²) < 4.78 is 0. The lowest BCUT2D eigenvalue weighted by molar-refractivity contribution is -0.121. The quantitative estimate of drug-likeness (QED) is 0.790. The molecule has 1 amide bonds. The Morgan fingerprint density at radius 3 is 2.65 bits per heavy atom. The van der Waals surface area contributed by atoms with Crippen LogP contribution in [0.1, 0.15) is 19.3 Å². The van der Waals surface area contributed by atoms with E-state index in [0.29, 0.717) is 17.5 Å². The first-order valence-electron chi connectivity index (χ1n) is 6.07. The molecule has 17 heavy (non-hydrogen) atoms. The fraction of sp³-hybridized carbons (Fsp3) is 0.583. The Morgan fingerprint density at radius 2 is 2.00 bits per heavy atom. The van der Waals surface area contributed by atoms with Crippen LogP contribution < -0.4 is 11.1 Å². The monoisotopic (exact) mass is 232 g/mol. The highest BCUT2D eigenvalue weighted by molar-refractivity contribution is 5.93. The van der Waals surface area contributed by atoms with Gasteiger partial charge in [0.05, 0.1) is 24.0 Å². The van der Waals surface area contributed by atoms with Crippen molar-refractivity contribution in [3.8, 4) is 0 Å². The largest absolute Gasteiger partial charge is 0.327 e. The minimum absolute atomic E-state index is 0.0263. The second-order valence-corrected chi connectivity index (χ2v) is 5.05. The topological polar surface area (TPSA) is 80.9 Å². The number of carbonyl (C=O) groups is 1. The van der Waals surface area contributed by atoms with E-state index in [9.17, 15) is 4.79 Å². The lowest BCUT2D eigenvalue weighted by atomic mass is 9.84. The first-order chi connectivity index (χ1) is 8.25. The summed E-state index contributed by atoms with van der Waals surface area (Å²) in [4.78, 5) is 19.9. The van der Waals surface area contributed by atoms with E-state index in [1.807, 2.05) is 0 Å². The maximum atomic E-state index is 12.2. The molecule has 5 nitrogen and oxygen atoms in total. The van der Waals surface area contributed by atoms with Crippen LogP contribution in [0, 0.1) is 17.8 Å². The van der Waals surface area contributed by atoms with Crippen LogP contribution in [0.4, 0.5) is 5.69 Å². The molecule has 0 spiro atoms. The molecular weight excluding hydrogens is 216 g/mol. The van der Waals surface area contributed by atoms with Crippen molar-refractivity contribution in [3.63, 3.8) is 0 Å². The number of carbonyl (C=O) groups excluding carboxylic acids is 1. The average Bonchev–Trinajstić information content (AvgIpc) is 2.90. The molecule has 0 aromatic carbocycles. The van der Waals surface area contributed by atoms with Crippen molar-refractivity contribution in [1.29, 1.82) is 0 Å². The molecule has 90 valence electrons. The normalized spacial score (nSPS) is 34.9. The van der Waals surface area contributed by atoms with Gasteiger partial charge in [0.15, 0.2) is 0 Å². The SMILES string of the molecule is NC1C2CCC(C2)C1C(=O)Nc1cncnc1. The summed E-state index contributed by atoms with van der Waals surface area (Å²) in [6.07, 6.45) is 8.09. The molecule has 1 heterocycles. The minimum Gasteiger partial charge on any atom is -0.327 e. The molecule has 0 saturated heterocycles. The molecule has 1 aromatic heterocycles. The number of aromatic nitrogens is 2.